The number of hydrogen-bond donors (Lipinski definition) is 2. The van der Waals surface area contributed by atoms with Gasteiger partial charge in [-0.3, -0.25) is 0 Å². The monoisotopic (exact) mass is 264 g/mol. The van der Waals surface area contributed by atoms with Crippen LogP contribution in [0, 0.1) is 0 Å². The number of ether oxygens (including phenoxy) is 1. The van der Waals surface area contributed by atoms with Crippen LogP contribution < -0.4 is 5.32 Å². The van der Waals surface area contributed by atoms with Gasteiger partial charge in [-0.2, -0.15) is 0 Å². The molecule has 1 heterocycles. The number of rotatable bonds is 2. The Morgan fingerprint density at radius 3 is 2.84 bits per heavy atom. The molecule has 1 fully saturated rings. The third-order valence-corrected chi connectivity index (χ3v) is 3.03. The van der Waals surface area contributed by atoms with Gasteiger partial charge < -0.3 is 20.1 Å². The molecular weight excluding hydrogens is 248 g/mol. The van der Waals surface area contributed by atoms with E-state index in [0.29, 0.717) is 25.4 Å². The van der Waals surface area contributed by atoms with E-state index in [2.05, 4.69) is 5.32 Å². The maximum absolute atomic E-state index is 12.1. The fraction of sp³-hybridized carbons (Fsp3) is 0.385. The van der Waals surface area contributed by atoms with Gasteiger partial charge in [-0.15, -0.1) is 0 Å². The Kier molecular flexibility index (Phi) is 4.01. The third kappa shape index (κ3) is 3.03. The number of benzene rings is 1. The number of aromatic carboxylic acids is 1. The van der Waals surface area contributed by atoms with Crippen molar-refractivity contribution < 1.29 is 19.4 Å². The van der Waals surface area contributed by atoms with Crippen molar-refractivity contribution in [2.45, 2.75) is 13.0 Å². The summed E-state index contributed by atoms with van der Waals surface area (Å²) in [5.41, 5.74) is 0.385. The third-order valence-electron chi connectivity index (χ3n) is 3.03. The van der Waals surface area contributed by atoms with Crippen molar-refractivity contribution in [2.75, 3.05) is 25.1 Å². The number of anilines is 1. The highest BCUT2D eigenvalue weighted by atomic mass is 16.5. The molecule has 0 bridgehead atoms. The molecule has 0 radical (unpaired) electrons. The molecule has 1 saturated heterocycles. The number of nitrogens with one attached hydrogen (secondary N) is 1. The van der Waals surface area contributed by atoms with Crippen molar-refractivity contribution in [3.63, 3.8) is 0 Å². The number of carboxylic acid groups (broad SMARTS) is 1. The van der Waals surface area contributed by atoms with E-state index in [-0.39, 0.29) is 17.6 Å². The summed E-state index contributed by atoms with van der Waals surface area (Å²) in [5.74, 6) is -1.06. The summed E-state index contributed by atoms with van der Waals surface area (Å²) in [6, 6.07) is 6.02. The molecular formula is C13H16N2O4. The lowest BCUT2D eigenvalue weighted by atomic mass is 10.2. The quantitative estimate of drug-likeness (QED) is 0.851. The van der Waals surface area contributed by atoms with E-state index in [4.69, 9.17) is 9.84 Å². The number of nitrogens with zero attached hydrogens (tertiary/aromatic N) is 1. The molecule has 0 aromatic heterocycles. The average Bonchev–Trinajstić information content (AvgIpc) is 2.39. The van der Waals surface area contributed by atoms with Crippen LogP contribution in [-0.2, 0) is 4.74 Å². The second kappa shape index (κ2) is 5.71. The number of para-hydroxylation sites is 1. The molecule has 0 saturated carbocycles. The molecule has 1 atom stereocenters. The lowest BCUT2D eigenvalue weighted by Crippen LogP contribution is -2.49. The fourth-order valence-corrected chi connectivity index (χ4v) is 1.99. The number of carbonyl (C=O) groups is 2. The first-order chi connectivity index (χ1) is 9.09. The largest absolute Gasteiger partial charge is 0.478 e. The Balaban J connectivity index is 2.12. The predicted octanol–water partition coefficient (Wildman–Crippen LogP) is 1.64. The van der Waals surface area contributed by atoms with Gasteiger partial charge in [0.2, 0.25) is 0 Å². The Morgan fingerprint density at radius 1 is 1.42 bits per heavy atom. The summed E-state index contributed by atoms with van der Waals surface area (Å²) in [4.78, 5) is 24.8. The first-order valence-electron chi connectivity index (χ1n) is 6.07. The summed E-state index contributed by atoms with van der Waals surface area (Å²) in [7, 11) is 0. The Labute approximate surface area is 111 Å². The van der Waals surface area contributed by atoms with Gasteiger partial charge in [0.15, 0.2) is 0 Å². The number of urea groups is 1. The zero-order valence-corrected chi connectivity index (χ0v) is 10.6. The van der Waals surface area contributed by atoms with Gasteiger partial charge in [-0.25, -0.2) is 9.59 Å². The molecule has 1 aromatic rings. The Bertz CT molecular complexity index is 489. The highest BCUT2D eigenvalue weighted by molar-refractivity contribution is 6.00. The highest BCUT2D eigenvalue weighted by Crippen LogP contribution is 2.16. The molecule has 1 aliphatic rings. The van der Waals surface area contributed by atoms with Crippen LogP contribution in [0.2, 0.25) is 0 Å². The van der Waals surface area contributed by atoms with Gasteiger partial charge in [0.25, 0.3) is 0 Å². The minimum atomic E-state index is -1.06. The first-order valence-corrected chi connectivity index (χ1v) is 6.07. The van der Waals surface area contributed by atoms with Gasteiger partial charge in [0, 0.05) is 6.54 Å². The molecule has 6 nitrogen and oxygen atoms in total. The smallest absolute Gasteiger partial charge is 0.337 e. The van der Waals surface area contributed by atoms with Gasteiger partial charge >= 0.3 is 12.0 Å². The molecule has 2 amide bonds. The number of amides is 2. The summed E-state index contributed by atoms with van der Waals surface area (Å²) in [6.45, 7) is 3.39. The Hall–Kier alpha value is -2.08. The molecule has 19 heavy (non-hydrogen) atoms. The summed E-state index contributed by atoms with van der Waals surface area (Å²) in [6.07, 6.45) is 0. The maximum atomic E-state index is 12.1. The van der Waals surface area contributed by atoms with E-state index in [1.807, 2.05) is 6.92 Å². The van der Waals surface area contributed by atoms with Crippen molar-refractivity contribution in [2.24, 2.45) is 0 Å². The highest BCUT2D eigenvalue weighted by Gasteiger charge is 2.24. The number of carboxylic acids is 1. The summed E-state index contributed by atoms with van der Waals surface area (Å²) in [5, 5.41) is 11.7. The van der Waals surface area contributed by atoms with Crippen molar-refractivity contribution in [1.82, 2.24) is 4.90 Å². The molecule has 0 spiro atoms. The molecule has 1 aromatic carbocycles. The van der Waals surface area contributed by atoms with E-state index >= 15 is 0 Å². The van der Waals surface area contributed by atoms with E-state index in [1.54, 1.807) is 23.1 Å². The van der Waals surface area contributed by atoms with E-state index < -0.39 is 5.97 Å². The van der Waals surface area contributed by atoms with E-state index in [0.717, 1.165) is 0 Å². The van der Waals surface area contributed by atoms with Crippen molar-refractivity contribution in [3.8, 4) is 0 Å². The topological polar surface area (TPSA) is 78.9 Å². The van der Waals surface area contributed by atoms with Crippen LogP contribution in [0.4, 0.5) is 10.5 Å². The molecule has 1 unspecified atom stereocenters. The molecule has 6 heteroatoms. The second-order valence-electron chi connectivity index (χ2n) is 4.40. The van der Waals surface area contributed by atoms with Gasteiger partial charge in [-0.1, -0.05) is 12.1 Å². The van der Waals surface area contributed by atoms with Crippen LogP contribution in [0.5, 0.6) is 0 Å². The zero-order chi connectivity index (χ0) is 13.8. The zero-order valence-electron chi connectivity index (χ0n) is 10.6. The number of hydrogen-bond acceptors (Lipinski definition) is 3. The molecule has 2 N–H and O–H groups in total. The van der Waals surface area contributed by atoms with E-state index in [1.165, 1.54) is 6.07 Å². The molecule has 1 aliphatic heterocycles. The lowest BCUT2D eigenvalue weighted by molar-refractivity contribution is 0.0221. The van der Waals surface area contributed by atoms with Gasteiger partial charge in [0.1, 0.15) is 0 Å². The fourth-order valence-electron chi connectivity index (χ4n) is 1.99. The first kappa shape index (κ1) is 13.4. The van der Waals surface area contributed by atoms with Crippen LogP contribution in [0.3, 0.4) is 0 Å². The van der Waals surface area contributed by atoms with Crippen LogP contribution in [0.25, 0.3) is 0 Å². The second-order valence-corrected chi connectivity index (χ2v) is 4.40. The Morgan fingerprint density at radius 2 is 2.16 bits per heavy atom. The molecule has 102 valence electrons. The number of morpholine rings is 1. The van der Waals surface area contributed by atoms with Crippen molar-refractivity contribution in [3.05, 3.63) is 29.8 Å². The number of carbonyl (C=O) groups excluding carboxylic acids is 1. The van der Waals surface area contributed by atoms with Crippen molar-refractivity contribution in [1.29, 1.82) is 0 Å². The average molecular weight is 264 g/mol. The minimum absolute atomic E-state index is 0.0225. The molecule has 2 rings (SSSR count). The van der Waals surface area contributed by atoms with Crippen molar-refractivity contribution >= 4 is 17.7 Å². The summed E-state index contributed by atoms with van der Waals surface area (Å²) >= 11 is 0. The van der Waals surface area contributed by atoms with Crippen LogP contribution in [-0.4, -0.2) is 47.8 Å². The maximum Gasteiger partial charge on any atom is 0.337 e. The lowest BCUT2D eigenvalue weighted by Gasteiger charge is -2.33. The van der Waals surface area contributed by atoms with Gasteiger partial charge in [0.05, 0.1) is 30.5 Å². The van der Waals surface area contributed by atoms with Crippen LogP contribution >= 0.6 is 0 Å². The SMILES string of the molecule is CC1COCCN1C(=O)Nc1ccccc1C(=O)O. The van der Waals surface area contributed by atoms with E-state index in [9.17, 15) is 9.59 Å². The summed E-state index contributed by atoms with van der Waals surface area (Å²) < 4.78 is 5.26. The minimum Gasteiger partial charge on any atom is -0.478 e. The standard InChI is InChI=1S/C13H16N2O4/c1-9-8-19-7-6-15(9)13(18)14-11-5-3-2-4-10(11)12(16)17/h2-5,9H,6-8H2,1H3,(H,14,18)(H,16,17). The van der Waals surface area contributed by atoms with Crippen LogP contribution in [0.15, 0.2) is 24.3 Å². The van der Waals surface area contributed by atoms with Crippen LogP contribution in [0.1, 0.15) is 17.3 Å². The normalized spacial score (nSPS) is 19.0. The van der Waals surface area contributed by atoms with Gasteiger partial charge in [-0.05, 0) is 19.1 Å². The molecule has 0 aliphatic carbocycles. The predicted molar refractivity (Wildman–Crippen MR) is 69.4 cm³/mol.